The van der Waals surface area contributed by atoms with Crippen molar-refractivity contribution >= 4 is 0 Å². The van der Waals surface area contributed by atoms with Gasteiger partial charge in [0.15, 0.2) is 0 Å². The van der Waals surface area contributed by atoms with Crippen molar-refractivity contribution in [2.75, 3.05) is 20.2 Å². The fourth-order valence-corrected chi connectivity index (χ4v) is 1.83. The lowest BCUT2D eigenvalue weighted by atomic mass is 10.0. The Kier molecular flexibility index (Phi) is 3.76. The van der Waals surface area contributed by atoms with E-state index in [0.717, 1.165) is 12.8 Å². The van der Waals surface area contributed by atoms with E-state index in [1.165, 1.54) is 25.0 Å². The molecule has 0 aromatic carbocycles. The summed E-state index contributed by atoms with van der Waals surface area (Å²) in [4.78, 5) is 2.39. The Balaban J connectivity index is 2.25. The standard InChI is InChI=1S/C10H19NO/c1-9(5-7-12)8-10-4-3-6-11(10)2/h10,12H,1,3-8H2,2H3. The van der Waals surface area contributed by atoms with Crippen LogP contribution in [0.1, 0.15) is 25.7 Å². The highest BCUT2D eigenvalue weighted by molar-refractivity contribution is 4.99. The Morgan fingerprint density at radius 3 is 2.92 bits per heavy atom. The van der Waals surface area contributed by atoms with Gasteiger partial charge in [0, 0.05) is 12.6 Å². The highest BCUT2D eigenvalue weighted by Gasteiger charge is 2.20. The fraction of sp³-hybridized carbons (Fsp3) is 0.800. The van der Waals surface area contributed by atoms with Crippen LogP contribution in [0.2, 0.25) is 0 Å². The average Bonchev–Trinajstić information content (AvgIpc) is 2.37. The summed E-state index contributed by atoms with van der Waals surface area (Å²) in [5.41, 5.74) is 1.19. The summed E-state index contributed by atoms with van der Waals surface area (Å²) >= 11 is 0. The molecule has 1 fully saturated rings. The molecular weight excluding hydrogens is 150 g/mol. The van der Waals surface area contributed by atoms with Gasteiger partial charge in [0.2, 0.25) is 0 Å². The van der Waals surface area contributed by atoms with Gasteiger partial charge in [-0.25, -0.2) is 0 Å². The lowest BCUT2D eigenvalue weighted by molar-refractivity contribution is 0.283. The van der Waals surface area contributed by atoms with E-state index in [4.69, 9.17) is 5.11 Å². The largest absolute Gasteiger partial charge is 0.396 e. The third-order valence-electron chi connectivity index (χ3n) is 2.66. The van der Waals surface area contributed by atoms with E-state index < -0.39 is 0 Å². The zero-order chi connectivity index (χ0) is 8.97. The molecule has 0 saturated carbocycles. The van der Waals surface area contributed by atoms with Crippen LogP contribution in [-0.2, 0) is 0 Å². The van der Waals surface area contributed by atoms with Crippen LogP contribution in [0.25, 0.3) is 0 Å². The predicted molar refractivity (Wildman–Crippen MR) is 51.1 cm³/mol. The number of hydrogen-bond donors (Lipinski definition) is 1. The van der Waals surface area contributed by atoms with Crippen molar-refractivity contribution in [3.8, 4) is 0 Å². The van der Waals surface area contributed by atoms with Crippen molar-refractivity contribution in [3.63, 3.8) is 0 Å². The summed E-state index contributed by atoms with van der Waals surface area (Å²) in [5, 5.41) is 8.70. The van der Waals surface area contributed by atoms with Crippen molar-refractivity contribution in [3.05, 3.63) is 12.2 Å². The first-order valence-electron chi connectivity index (χ1n) is 4.72. The zero-order valence-corrected chi connectivity index (χ0v) is 7.92. The molecule has 0 spiro atoms. The SMILES string of the molecule is C=C(CCO)CC1CCCN1C. The van der Waals surface area contributed by atoms with Crippen LogP contribution >= 0.6 is 0 Å². The van der Waals surface area contributed by atoms with Crippen LogP contribution in [-0.4, -0.2) is 36.2 Å². The second-order valence-corrected chi connectivity index (χ2v) is 3.70. The second-order valence-electron chi connectivity index (χ2n) is 3.70. The van der Waals surface area contributed by atoms with Gasteiger partial charge >= 0.3 is 0 Å². The van der Waals surface area contributed by atoms with Gasteiger partial charge in [0.05, 0.1) is 0 Å². The molecule has 2 nitrogen and oxygen atoms in total. The van der Waals surface area contributed by atoms with Crippen molar-refractivity contribution in [1.29, 1.82) is 0 Å². The number of rotatable bonds is 4. The first-order valence-corrected chi connectivity index (χ1v) is 4.72. The summed E-state index contributed by atoms with van der Waals surface area (Å²) in [6, 6.07) is 0.684. The van der Waals surface area contributed by atoms with Crippen molar-refractivity contribution in [2.45, 2.75) is 31.7 Å². The summed E-state index contributed by atoms with van der Waals surface area (Å²) in [7, 11) is 2.17. The van der Waals surface area contributed by atoms with Crippen molar-refractivity contribution in [1.82, 2.24) is 4.90 Å². The van der Waals surface area contributed by atoms with E-state index in [9.17, 15) is 0 Å². The van der Waals surface area contributed by atoms with Crippen molar-refractivity contribution in [2.24, 2.45) is 0 Å². The first-order chi connectivity index (χ1) is 5.74. The minimum atomic E-state index is 0.245. The second kappa shape index (κ2) is 4.63. The topological polar surface area (TPSA) is 23.5 Å². The molecule has 12 heavy (non-hydrogen) atoms. The Bertz CT molecular complexity index is 156. The fourth-order valence-electron chi connectivity index (χ4n) is 1.83. The van der Waals surface area contributed by atoms with Crippen molar-refractivity contribution < 1.29 is 5.11 Å². The third-order valence-corrected chi connectivity index (χ3v) is 2.66. The molecule has 1 aliphatic rings. The monoisotopic (exact) mass is 169 g/mol. The van der Waals surface area contributed by atoms with Gasteiger partial charge in [0.1, 0.15) is 0 Å². The molecule has 1 atom stereocenters. The highest BCUT2D eigenvalue weighted by atomic mass is 16.2. The molecule has 0 radical (unpaired) electrons. The summed E-state index contributed by atoms with van der Waals surface area (Å²) < 4.78 is 0. The lowest BCUT2D eigenvalue weighted by Gasteiger charge is -2.19. The van der Waals surface area contributed by atoms with Crippen LogP contribution < -0.4 is 0 Å². The number of aliphatic hydroxyl groups is 1. The quantitative estimate of drug-likeness (QED) is 0.643. The minimum absolute atomic E-state index is 0.245. The van der Waals surface area contributed by atoms with Crippen LogP contribution in [0.3, 0.4) is 0 Å². The van der Waals surface area contributed by atoms with E-state index in [-0.39, 0.29) is 6.61 Å². The molecule has 1 saturated heterocycles. The molecule has 1 unspecified atom stereocenters. The Hall–Kier alpha value is -0.340. The summed E-state index contributed by atoms with van der Waals surface area (Å²) in [6.45, 7) is 5.42. The maximum absolute atomic E-state index is 8.70. The van der Waals surface area contributed by atoms with Gasteiger partial charge in [-0.05, 0) is 39.3 Å². The van der Waals surface area contributed by atoms with Gasteiger partial charge in [-0.2, -0.15) is 0 Å². The molecule has 0 aromatic rings. The van der Waals surface area contributed by atoms with Gasteiger partial charge < -0.3 is 10.0 Å². The maximum Gasteiger partial charge on any atom is 0.0468 e. The number of aliphatic hydroxyl groups excluding tert-OH is 1. The molecule has 1 heterocycles. The van der Waals surface area contributed by atoms with Gasteiger partial charge in [0.25, 0.3) is 0 Å². The molecule has 1 rings (SSSR count). The summed E-state index contributed by atoms with van der Waals surface area (Å²) in [6.07, 6.45) is 4.44. The molecule has 0 amide bonds. The molecular formula is C10H19NO. The molecule has 0 aliphatic carbocycles. The molecule has 2 heteroatoms. The molecule has 0 bridgehead atoms. The first kappa shape index (κ1) is 9.75. The third kappa shape index (κ3) is 2.61. The van der Waals surface area contributed by atoms with E-state index >= 15 is 0 Å². The smallest absolute Gasteiger partial charge is 0.0468 e. The van der Waals surface area contributed by atoms with Gasteiger partial charge in [-0.1, -0.05) is 12.2 Å². The van der Waals surface area contributed by atoms with E-state index in [1.807, 2.05) is 0 Å². The van der Waals surface area contributed by atoms with Gasteiger partial charge in [-0.3, -0.25) is 0 Å². The minimum Gasteiger partial charge on any atom is -0.396 e. The summed E-state index contributed by atoms with van der Waals surface area (Å²) in [5.74, 6) is 0. The highest BCUT2D eigenvalue weighted by Crippen LogP contribution is 2.21. The van der Waals surface area contributed by atoms with Crippen LogP contribution in [0, 0.1) is 0 Å². The maximum atomic E-state index is 8.70. The lowest BCUT2D eigenvalue weighted by Crippen LogP contribution is -2.25. The molecule has 1 N–H and O–H groups in total. The van der Waals surface area contributed by atoms with E-state index in [0.29, 0.717) is 6.04 Å². The van der Waals surface area contributed by atoms with E-state index in [2.05, 4.69) is 18.5 Å². The zero-order valence-electron chi connectivity index (χ0n) is 7.92. The number of nitrogens with zero attached hydrogens (tertiary/aromatic N) is 1. The number of likely N-dealkylation sites (tertiary alicyclic amines) is 1. The molecule has 1 aliphatic heterocycles. The average molecular weight is 169 g/mol. The molecule has 0 aromatic heterocycles. The molecule has 70 valence electrons. The van der Waals surface area contributed by atoms with E-state index in [1.54, 1.807) is 0 Å². The Morgan fingerprint density at radius 1 is 1.67 bits per heavy atom. The van der Waals surface area contributed by atoms with Crippen LogP contribution in [0.5, 0.6) is 0 Å². The van der Waals surface area contributed by atoms with Gasteiger partial charge in [-0.15, -0.1) is 0 Å². The number of hydrogen-bond acceptors (Lipinski definition) is 2. The predicted octanol–water partition coefficient (Wildman–Crippen LogP) is 1.41. The normalized spacial score (nSPS) is 24.7. The Labute approximate surface area is 74.9 Å². The van der Waals surface area contributed by atoms with Crippen LogP contribution in [0.4, 0.5) is 0 Å². The van der Waals surface area contributed by atoms with Crippen LogP contribution in [0.15, 0.2) is 12.2 Å². The Morgan fingerprint density at radius 2 is 2.42 bits per heavy atom.